The highest BCUT2D eigenvalue weighted by Crippen LogP contribution is 2.63. The number of aliphatic hydroxyl groups is 3. The summed E-state index contributed by atoms with van der Waals surface area (Å²) in [6.07, 6.45) is 9.21. The van der Waals surface area contributed by atoms with E-state index in [2.05, 4.69) is 58.1 Å². The van der Waals surface area contributed by atoms with E-state index in [9.17, 15) is 24.9 Å². The first kappa shape index (κ1) is 30.8. The Morgan fingerprint density at radius 3 is 2.40 bits per heavy atom. The molecule has 4 aliphatic rings. The zero-order valence-corrected chi connectivity index (χ0v) is 26.0. The Kier molecular flexibility index (Phi) is 7.95. The van der Waals surface area contributed by atoms with Crippen LogP contribution >= 0.6 is 0 Å². The molecule has 1 amide bonds. The first-order chi connectivity index (χ1) is 19.6. The van der Waals surface area contributed by atoms with Crippen LogP contribution in [0.4, 0.5) is 0 Å². The van der Waals surface area contributed by atoms with Gasteiger partial charge in [-0.15, -0.1) is 0 Å². The Morgan fingerprint density at radius 1 is 1.07 bits per heavy atom. The molecule has 0 aliphatic heterocycles. The summed E-state index contributed by atoms with van der Waals surface area (Å²) >= 11 is 0. The fourth-order valence-corrected chi connectivity index (χ4v) is 8.29. The number of hydrazone groups is 1. The summed E-state index contributed by atoms with van der Waals surface area (Å²) in [6, 6.07) is 7.74. The molecule has 0 radical (unpaired) electrons. The predicted octanol–water partition coefficient (Wildman–Crippen LogP) is 5.00. The van der Waals surface area contributed by atoms with Gasteiger partial charge in [0.2, 0.25) is 0 Å². The topological polar surface area (TPSA) is 119 Å². The molecule has 4 aliphatic carbocycles. The molecular weight excluding hydrogens is 528 g/mol. The van der Waals surface area contributed by atoms with E-state index in [-0.39, 0.29) is 46.7 Å². The van der Waals surface area contributed by atoms with Crippen molar-refractivity contribution < 1.29 is 24.9 Å². The van der Waals surface area contributed by atoms with Gasteiger partial charge >= 0.3 is 0 Å². The maximum atomic E-state index is 12.9. The van der Waals surface area contributed by atoms with E-state index in [1.54, 1.807) is 0 Å². The van der Waals surface area contributed by atoms with E-state index in [4.69, 9.17) is 0 Å². The van der Waals surface area contributed by atoms with Crippen molar-refractivity contribution in [2.75, 3.05) is 6.61 Å². The van der Waals surface area contributed by atoms with Gasteiger partial charge < -0.3 is 15.3 Å². The number of hydrogen-bond acceptors (Lipinski definition) is 6. The zero-order valence-electron chi connectivity index (χ0n) is 26.0. The predicted molar refractivity (Wildman–Crippen MR) is 164 cm³/mol. The average molecular weight is 577 g/mol. The van der Waals surface area contributed by atoms with Crippen LogP contribution in [0, 0.1) is 39.9 Å². The minimum atomic E-state index is -1.26. The second-order valence-electron chi connectivity index (χ2n) is 15.1. The van der Waals surface area contributed by atoms with Crippen molar-refractivity contribution in [1.82, 2.24) is 5.43 Å². The lowest BCUT2D eigenvalue weighted by atomic mass is 9.49. The van der Waals surface area contributed by atoms with Gasteiger partial charge in [-0.2, -0.15) is 5.10 Å². The van der Waals surface area contributed by atoms with E-state index in [0.29, 0.717) is 17.7 Å². The van der Waals surface area contributed by atoms with Crippen molar-refractivity contribution in [3.8, 4) is 0 Å². The van der Waals surface area contributed by atoms with E-state index >= 15 is 0 Å². The molecule has 7 atom stereocenters. The van der Waals surface area contributed by atoms with Gasteiger partial charge in [-0.05, 0) is 84.6 Å². The quantitative estimate of drug-likeness (QED) is 0.356. The van der Waals surface area contributed by atoms with E-state index in [1.165, 1.54) is 5.56 Å². The van der Waals surface area contributed by atoms with Gasteiger partial charge in [0, 0.05) is 29.2 Å². The van der Waals surface area contributed by atoms with Crippen molar-refractivity contribution in [2.24, 2.45) is 45.0 Å². The summed E-state index contributed by atoms with van der Waals surface area (Å²) in [4.78, 5) is 25.3. The second-order valence-corrected chi connectivity index (χ2v) is 15.1. The van der Waals surface area contributed by atoms with Crippen molar-refractivity contribution in [3.63, 3.8) is 0 Å². The summed E-state index contributed by atoms with van der Waals surface area (Å²) < 4.78 is 0. The maximum Gasteiger partial charge on any atom is 0.271 e. The van der Waals surface area contributed by atoms with Gasteiger partial charge in [0.15, 0.2) is 5.78 Å². The fraction of sp³-hybridized carbons (Fsp3) is 0.629. The van der Waals surface area contributed by atoms with Crippen LogP contribution in [0.25, 0.3) is 0 Å². The molecule has 4 N–H and O–H groups in total. The monoisotopic (exact) mass is 576 g/mol. The second kappa shape index (κ2) is 10.8. The van der Waals surface area contributed by atoms with E-state index < -0.39 is 29.6 Å². The molecule has 0 aromatic heterocycles. The van der Waals surface area contributed by atoms with Crippen molar-refractivity contribution in [2.45, 2.75) is 91.8 Å². The molecule has 7 nitrogen and oxygen atoms in total. The molecule has 5 rings (SSSR count). The van der Waals surface area contributed by atoms with Gasteiger partial charge in [0.05, 0.1) is 17.4 Å². The van der Waals surface area contributed by atoms with Crippen LogP contribution in [0.2, 0.25) is 0 Å². The molecule has 7 heteroatoms. The number of aliphatic hydroxyl groups excluding tert-OH is 2. The molecule has 3 fully saturated rings. The molecule has 1 aromatic rings. The van der Waals surface area contributed by atoms with Gasteiger partial charge in [-0.1, -0.05) is 65.3 Å². The largest absolute Gasteiger partial charge is 0.393 e. The number of Topliss-reactive ketones (excluding diaryl/α,β-unsaturated/α-hetero) is 1. The number of rotatable bonds is 6. The summed E-state index contributed by atoms with van der Waals surface area (Å²) in [6.45, 7) is 12.9. The lowest BCUT2D eigenvalue weighted by Crippen LogP contribution is -2.60. The highest BCUT2D eigenvalue weighted by molar-refractivity contribution is 6.06. The SMILES string of the molecule is CC12C=C/C(=N\NC(=O)c3ccc(CC(C)(C)C(C)(C)C)cc3)C=C1CCC1C2C(O)CC2(O)C(C(=O)CO)CCC12. The van der Waals surface area contributed by atoms with Gasteiger partial charge in [-0.25, -0.2) is 5.43 Å². The highest BCUT2D eigenvalue weighted by atomic mass is 16.3. The zero-order chi connectivity index (χ0) is 30.7. The third-order valence-corrected chi connectivity index (χ3v) is 11.7. The summed E-state index contributed by atoms with van der Waals surface area (Å²) in [5.41, 5.74) is 4.91. The molecule has 42 heavy (non-hydrogen) atoms. The van der Waals surface area contributed by atoms with Crippen LogP contribution in [0.3, 0.4) is 0 Å². The van der Waals surface area contributed by atoms with E-state index in [1.807, 2.05) is 36.4 Å². The van der Waals surface area contributed by atoms with Crippen molar-refractivity contribution >= 4 is 17.4 Å². The van der Waals surface area contributed by atoms with Crippen LogP contribution in [0.1, 0.15) is 89.6 Å². The summed E-state index contributed by atoms with van der Waals surface area (Å²) in [5.74, 6) is -1.27. The third-order valence-electron chi connectivity index (χ3n) is 11.7. The maximum absolute atomic E-state index is 12.9. The van der Waals surface area contributed by atoms with Crippen LogP contribution < -0.4 is 5.43 Å². The standard InChI is InChI=1S/C35H48N2O5/c1-32(2,3)33(4,5)18-21-7-9-22(10-8-21)31(41)37-36-24-15-16-34(6)23(17-24)11-12-25-26-13-14-27(29(40)20-38)35(26,42)19-28(39)30(25)34/h7-10,15-17,25-28,30,38-39,42H,11-14,18-20H2,1-6H3,(H,37,41)/b36-24+. The smallest absolute Gasteiger partial charge is 0.271 e. The molecule has 0 heterocycles. The van der Waals surface area contributed by atoms with Crippen LogP contribution in [-0.4, -0.2) is 51.0 Å². The van der Waals surface area contributed by atoms with Gasteiger partial charge in [0.25, 0.3) is 5.91 Å². The normalized spacial score (nSPS) is 35.2. The highest BCUT2D eigenvalue weighted by Gasteiger charge is 2.63. The molecule has 228 valence electrons. The van der Waals surface area contributed by atoms with Crippen LogP contribution in [0.15, 0.2) is 53.2 Å². The number of carbonyl (C=O) groups is 2. The number of nitrogens with zero attached hydrogens (tertiary/aromatic N) is 1. The van der Waals surface area contributed by atoms with Crippen LogP contribution in [-0.2, 0) is 11.2 Å². The lowest BCUT2D eigenvalue weighted by Gasteiger charge is -2.58. The number of carbonyl (C=O) groups excluding carboxylic acids is 2. The summed E-state index contributed by atoms with van der Waals surface area (Å²) in [5, 5.41) is 36.9. The van der Waals surface area contributed by atoms with Crippen molar-refractivity contribution in [3.05, 3.63) is 59.2 Å². The Balaban J connectivity index is 1.27. The third kappa shape index (κ3) is 5.22. The van der Waals surface area contributed by atoms with Gasteiger partial charge in [-0.3, -0.25) is 9.59 Å². The Morgan fingerprint density at radius 2 is 1.76 bits per heavy atom. The Bertz CT molecular complexity index is 1320. The molecule has 0 saturated heterocycles. The van der Waals surface area contributed by atoms with Gasteiger partial charge in [0.1, 0.15) is 6.61 Å². The Hall–Kier alpha value is -2.61. The van der Waals surface area contributed by atoms with Crippen molar-refractivity contribution in [1.29, 1.82) is 0 Å². The first-order valence-corrected chi connectivity index (χ1v) is 15.5. The number of amides is 1. The first-order valence-electron chi connectivity index (χ1n) is 15.5. The molecular formula is C35H48N2O5. The Labute approximate surface area is 250 Å². The average Bonchev–Trinajstić information content (AvgIpc) is 3.27. The number of fused-ring (bicyclic) bond motifs is 5. The molecule has 0 bridgehead atoms. The number of allylic oxidation sites excluding steroid dienone is 4. The fourth-order valence-electron chi connectivity index (χ4n) is 8.29. The number of hydrogen-bond donors (Lipinski definition) is 4. The minimum Gasteiger partial charge on any atom is -0.393 e. The number of ketones is 1. The van der Waals surface area contributed by atoms with Crippen LogP contribution in [0.5, 0.6) is 0 Å². The molecule has 3 saturated carbocycles. The minimum absolute atomic E-state index is 0.0709. The number of nitrogens with one attached hydrogen (secondary N) is 1. The lowest BCUT2D eigenvalue weighted by molar-refractivity contribution is -0.173. The number of benzene rings is 1. The molecule has 7 unspecified atom stereocenters. The molecule has 0 spiro atoms. The molecule has 1 aromatic carbocycles. The summed E-state index contributed by atoms with van der Waals surface area (Å²) in [7, 11) is 0. The van der Waals surface area contributed by atoms with E-state index in [0.717, 1.165) is 31.3 Å².